The number of hydrogen-bond acceptors (Lipinski definition) is 3. The highest BCUT2D eigenvalue weighted by atomic mass is 19.1. The predicted molar refractivity (Wildman–Crippen MR) is 104 cm³/mol. The molecule has 2 unspecified atom stereocenters. The highest BCUT2D eigenvalue weighted by Crippen LogP contribution is 2.48. The molecule has 3 rings (SSSR count). The molecule has 0 bridgehead atoms. The van der Waals surface area contributed by atoms with Gasteiger partial charge in [-0.15, -0.1) is 0 Å². The monoisotopic (exact) mass is 364 g/mol. The average Bonchev–Trinajstić information content (AvgIpc) is 2.69. The van der Waals surface area contributed by atoms with Crippen molar-refractivity contribution in [3.05, 3.63) is 82.8 Å². The predicted octanol–water partition coefficient (Wildman–Crippen LogP) is 5.03. The minimum absolute atomic E-state index is 0.175. The van der Waals surface area contributed by atoms with Crippen LogP contribution in [0, 0.1) is 23.1 Å². The molecule has 1 saturated carbocycles. The largest absolute Gasteiger partial charge is 0.387 e. The Morgan fingerprint density at radius 3 is 2.78 bits per heavy atom. The third-order valence-electron chi connectivity index (χ3n) is 5.46. The van der Waals surface area contributed by atoms with E-state index in [0.29, 0.717) is 17.7 Å². The van der Waals surface area contributed by atoms with E-state index in [1.165, 1.54) is 17.7 Å². The number of rotatable bonds is 5. The Bertz CT molecular complexity index is 856. The van der Waals surface area contributed by atoms with Crippen molar-refractivity contribution in [2.45, 2.75) is 38.3 Å². The van der Waals surface area contributed by atoms with Crippen LogP contribution in [0.3, 0.4) is 0 Å². The third-order valence-corrected chi connectivity index (χ3v) is 5.46. The number of halogens is 1. The van der Waals surface area contributed by atoms with Crippen LogP contribution in [0.25, 0.3) is 0 Å². The summed E-state index contributed by atoms with van der Waals surface area (Å²) in [6.45, 7) is 2.84. The molecule has 2 atom stereocenters. The zero-order valence-corrected chi connectivity index (χ0v) is 15.8. The Morgan fingerprint density at radius 1 is 1.30 bits per heavy atom. The van der Waals surface area contributed by atoms with Gasteiger partial charge in [-0.1, -0.05) is 37.3 Å². The van der Waals surface area contributed by atoms with Gasteiger partial charge >= 0.3 is 0 Å². The van der Waals surface area contributed by atoms with Crippen molar-refractivity contribution in [2.75, 3.05) is 7.11 Å². The van der Waals surface area contributed by atoms with Crippen molar-refractivity contribution in [1.82, 2.24) is 5.32 Å². The molecule has 2 aromatic carbocycles. The maximum absolute atomic E-state index is 14.2. The minimum atomic E-state index is -0.727. The van der Waals surface area contributed by atoms with Gasteiger partial charge in [0.2, 0.25) is 0 Å². The lowest BCUT2D eigenvalue weighted by atomic mass is 9.69. The molecular weight excluding hydrogens is 339 g/mol. The molecule has 1 fully saturated rings. The van der Waals surface area contributed by atoms with Gasteiger partial charge in [0, 0.05) is 13.7 Å². The van der Waals surface area contributed by atoms with Crippen molar-refractivity contribution in [2.24, 2.45) is 5.92 Å². The Kier molecular flexibility index (Phi) is 5.93. The SMILES string of the molecule is COC1(c2cc(F)cc(C#N)c2)/C(=C/NCc2ccccc2)CCCC1C. The summed E-state index contributed by atoms with van der Waals surface area (Å²) in [4.78, 5) is 0. The average molecular weight is 364 g/mol. The van der Waals surface area contributed by atoms with E-state index in [-0.39, 0.29) is 5.92 Å². The van der Waals surface area contributed by atoms with E-state index in [4.69, 9.17) is 4.74 Å². The van der Waals surface area contributed by atoms with E-state index in [0.717, 1.165) is 24.8 Å². The lowest BCUT2D eigenvalue weighted by Gasteiger charge is -2.44. The van der Waals surface area contributed by atoms with Crippen molar-refractivity contribution >= 4 is 0 Å². The smallest absolute Gasteiger partial charge is 0.124 e. The van der Waals surface area contributed by atoms with Crippen LogP contribution >= 0.6 is 0 Å². The van der Waals surface area contributed by atoms with Crippen LogP contribution in [-0.2, 0) is 16.9 Å². The number of nitrogens with zero attached hydrogens (tertiary/aromatic N) is 1. The molecule has 1 aliphatic carbocycles. The topological polar surface area (TPSA) is 45.0 Å². The summed E-state index contributed by atoms with van der Waals surface area (Å²) in [6.07, 6.45) is 4.94. The van der Waals surface area contributed by atoms with Crippen LogP contribution in [0.5, 0.6) is 0 Å². The molecule has 2 aromatic rings. The lowest BCUT2D eigenvalue weighted by Crippen LogP contribution is -2.41. The third kappa shape index (κ3) is 3.89. The Balaban J connectivity index is 1.97. The van der Waals surface area contributed by atoms with Gasteiger partial charge < -0.3 is 10.1 Å². The lowest BCUT2D eigenvalue weighted by molar-refractivity contribution is -0.0436. The van der Waals surface area contributed by atoms with Crippen molar-refractivity contribution in [3.8, 4) is 6.07 Å². The first-order valence-corrected chi connectivity index (χ1v) is 9.33. The summed E-state index contributed by atoms with van der Waals surface area (Å²) < 4.78 is 20.2. The summed E-state index contributed by atoms with van der Waals surface area (Å²) in [5.41, 5.74) is 2.58. The van der Waals surface area contributed by atoms with Crippen LogP contribution in [0.15, 0.2) is 60.3 Å². The second-order valence-electron chi connectivity index (χ2n) is 7.11. The van der Waals surface area contributed by atoms with Gasteiger partial charge in [-0.2, -0.15) is 5.26 Å². The first-order chi connectivity index (χ1) is 13.1. The summed E-state index contributed by atoms with van der Waals surface area (Å²) in [5.74, 6) is -0.232. The van der Waals surface area contributed by atoms with E-state index < -0.39 is 11.4 Å². The number of hydrogen-bond donors (Lipinski definition) is 1. The van der Waals surface area contributed by atoms with Gasteiger partial charge in [-0.05, 0) is 66.3 Å². The molecule has 27 heavy (non-hydrogen) atoms. The highest BCUT2D eigenvalue weighted by Gasteiger charge is 2.44. The molecule has 4 heteroatoms. The van der Waals surface area contributed by atoms with Crippen molar-refractivity contribution in [3.63, 3.8) is 0 Å². The second-order valence-corrected chi connectivity index (χ2v) is 7.11. The van der Waals surface area contributed by atoms with Crippen LogP contribution < -0.4 is 5.32 Å². The maximum atomic E-state index is 14.2. The maximum Gasteiger partial charge on any atom is 0.124 e. The van der Waals surface area contributed by atoms with E-state index in [1.54, 1.807) is 13.2 Å². The fraction of sp³-hybridized carbons (Fsp3) is 0.348. The number of nitriles is 1. The Morgan fingerprint density at radius 2 is 2.07 bits per heavy atom. The second kappa shape index (κ2) is 8.37. The Labute approximate surface area is 160 Å². The molecule has 0 amide bonds. The van der Waals surface area contributed by atoms with Gasteiger partial charge in [0.05, 0.1) is 11.6 Å². The van der Waals surface area contributed by atoms with Gasteiger partial charge in [0.15, 0.2) is 0 Å². The number of methoxy groups -OCH3 is 1. The number of nitrogens with one attached hydrogen (secondary N) is 1. The Hall–Kier alpha value is -2.64. The van der Waals surface area contributed by atoms with Crippen LogP contribution in [-0.4, -0.2) is 7.11 Å². The number of benzene rings is 2. The molecule has 1 N–H and O–H groups in total. The molecule has 140 valence electrons. The fourth-order valence-electron chi connectivity index (χ4n) is 4.16. The van der Waals surface area contributed by atoms with Crippen LogP contribution in [0.1, 0.15) is 42.9 Å². The standard InChI is InChI=1S/C23H25FN2O/c1-17-7-6-10-20(16-26-15-18-8-4-3-5-9-18)23(17,27-2)21-11-19(14-25)12-22(24)13-21/h3-5,8-9,11-13,16-17,26H,6-7,10,15H2,1-2H3/b20-16+. The normalized spacial score (nSPS) is 23.8. The molecule has 0 aliphatic heterocycles. The number of ether oxygens (including phenoxy) is 1. The van der Waals surface area contributed by atoms with Gasteiger partial charge in [0.1, 0.15) is 11.4 Å². The molecule has 0 aromatic heterocycles. The highest BCUT2D eigenvalue weighted by molar-refractivity contribution is 5.42. The molecule has 3 nitrogen and oxygen atoms in total. The molecule has 1 aliphatic rings. The molecule has 0 radical (unpaired) electrons. The summed E-state index contributed by atoms with van der Waals surface area (Å²) in [5, 5.41) is 12.6. The zero-order valence-electron chi connectivity index (χ0n) is 15.8. The van der Waals surface area contributed by atoms with Gasteiger partial charge in [-0.25, -0.2) is 4.39 Å². The fourth-order valence-corrected chi connectivity index (χ4v) is 4.16. The van der Waals surface area contributed by atoms with Crippen molar-refractivity contribution < 1.29 is 9.13 Å². The van der Waals surface area contributed by atoms with Crippen LogP contribution in [0.4, 0.5) is 4.39 Å². The molecule has 0 saturated heterocycles. The summed E-state index contributed by atoms with van der Waals surface area (Å²) in [6, 6.07) is 16.7. The summed E-state index contributed by atoms with van der Waals surface area (Å²) >= 11 is 0. The first kappa shape index (κ1) is 19.1. The van der Waals surface area contributed by atoms with E-state index in [9.17, 15) is 9.65 Å². The van der Waals surface area contributed by atoms with Gasteiger partial charge in [0.25, 0.3) is 0 Å². The van der Waals surface area contributed by atoms with Crippen LogP contribution in [0.2, 0.25) is 0 Å². The first-order valence-electron chi connectivity index (χ1n) is 9.33. The van der Waals surface area contributed by atoms with Crippen molar-refractivity contribution in [1.29, 1.82) is 5.26 Å². The van der Waals surface area contributed by atoms with Gasteiger partial charge in [-0.3, -0.25) is 0 Å². The quantitative estimate of drug-likeness (QED) is 0.809. The zero-order chi connectivity index (χ0) is 19.3. The summed E-state index contributed by atoms with van der Waals surface area (Å²) in [7, 11) is 1.67. The molecular formula is C23H25FN2O. The van der Waals surface area contributed by atoms with E-state index in [2.05, 4.69) is 30.4 Å². The molecule has 0 heterocycles. The van der Waals surface area contributed by atoms with E-state index in [1.807, 2.05) is 24.4 Å². The van der Waals surface area contributed by atoms with E-state index >= 15 is 0 Å². The molecule has 0 spiro atoms. The minimum Gasteiger partial charge on any atom is -0.387 e.